The molecule has 2 saturated heterocycles. The molecule has 5 heteroatoms. The highest BCUT2D eigenvalue weighted by Gasteiger charge is 2.33. The van der Waals surface area contributed by atoms with Crippen LogP contribution in [-0.4, -0.2) is 63.8 Å². The number of piperidine rings is 1. The Balaban J connectivity index is 1.54. The van der Waals surface area contributed by atoms with Crippen LogP contribution in [0.3, 0.4) is 0 Å². The SMILES string of the molecule is CN=C(NCCCN1CCC(C)CC1)NCC1(C)COC1. The fourth-order valence-corrected chi connectivity index (χ4v) is 2.87. The number of likely N-dealkylation sites (tertiary alicyclic amines) is 1. The number of ether oxygens (including phenoxy) is 1. The summed E-state index contributed by atoms with van der Waals surface area (Å²) < 4.78 is 5.27. The van der Waals surface area contributed by atoms with Crippen LogP contribution in [-0.2, 0) is 4.74 Å². The molecular formula is C16H32N4O. The van der Waals surface area contributed by atoms with Crippen LogP contribution in [0.4, 0.5) is 0 Å². The van der Waals surface area contributed by atoms with Gasteiger partial charge in [0.15, 0.2) is 5.96 Å². The highest BCUT2D eigenvalue weighted by molar-refractivity contribution is 5.79. The molecule has 0 amide bonds. The molecule has 5 nitrogen and oxygen atoms in total. The summed E-state index contributed by atoms with van der Waals surface area (Å²) in [4.78, 5) is 6.87. The predicted molar refractivity (Wildman–Crippen MR) is 87.7 cm³/mol. The van der Waals surface area contributed by atoms with E-state index in [2.05, 4.69) is 34.4 Å². The van der Waals surface area contributed by atoms with Gasteiger partial charge >= 0.3 is 0 Å². The number of nitrogens with one attached hydrogen (secondary N) is 2. The minimum absolute atomic E-state index is 0.280. The predicted octanol–water partition coefficient (Wildman–Crippen LogP) is 1.31. The maximum atomic E-state index is 5.27. The molecule has 122 valence electrons. The van der Waals surface area contributed by atoms with Crippen molar-refractivity contribution in [2.75, 3.05) is 53.0 Å². The van der Waals surface area contributed by atoms with Crippen molar-refractivity contribution in [2.45, 2.75) is 33.1 Å². The van der Waals surface area contributed by atoms with Crippen molar-refractivity contribution in [1.82, 2.24) is 15.5 Å². The number of rotatable bonds is 6. The molecule has 2 fully saturated rings. The van der Waals surface area contributed by atoms with E-state index in [1.54, 1.807) is 0 Å². The molecule has 2 heterocycles. The van der Waals surface area contributed by atoms with Crippen LogP contribution in [0.15, 0.2) is 4.99 Å². The smallest absolute Gasteiger partial charge is 0.191 e. The molecule has 0 atom stereocenters. The van der Waals surface area contributed by atoms with Gasteiger partial charge in [0.25, 0.3) is 0 Å². The first-order valence-corrected chi connectivity index (χ1v) is 8.36. The van der Waals surface area contributed by atoms with Gasteiger partial charge in [-0.3, -0.25) is 4.99 Å². The van der Waals surface area contributed by atoms with Crippen molar-refractivity contribution in [1.29, 1.82) is 0 Å². The van der Waals surface area contributed by atoms with E-state index in [0.29, 0.717) is 0 Å². The summed E-state index contributed by atoms with van der Waals surface area (Å²) >= 11 is 0. The summed E-state index contributed by atoms with van der Waals surface area (Å²) in [6, 6.07) is 0. The van der Waals surface area contributed by atoms with Gasteiger partial charge in [0.05, 0.1) is 13.2 Å². The topological polar surface area (TPSA) is 48.9 Å². The zero-order valence-electron chi connectivity index (χ0n) is 14.0. The standard InChI is InChI=1S/C16H32N4O/c1-14-5-9-20(10-6-14)8-4-7-18-15(17-3)19-11-16(2)12-21-13-16/h14H,4-13H2,1-3H3,(H2,17,18,19). The van der Waals surface area contributed by atoms with E-state index in [4.69, 9.17) is 4.74 Å². The van der Waals surface area contributed by atoms with Crippen LogP contribution in [0, 0.1) is 11.3 Å². The van der Waals surface area contributed by atoms with Gasteiger partial charge in [0, 0.05) is 25.6 Å². The van der Waals surface area contributed by atoms with Crippen LogP contribution in [0.1, 0.15) is 33.1 Å². The van der Waals surface area contributed by atoms with E-state index < -0.39 is 0 Å². The third kappa shape index (κ3) is 5.47. The second-order valence-electron chi connectivity index (χ2n) is 7.03. The Hall–Kier alpha value is -0.810. The third-order valence-electron chi connectivity index (χ3n) is 4.63. The summed E-state index contributed by atoms with van der Waals surface area (Å²) in [5.74, 6) is 1.83. The lowest BCUT2D eigenvalue weighted by atomic mass is 9.89. The average Bonchev–Trinajstić information content (AvgIpc) is 2.46. The quantitative estimate of drug-likeness (QED) is 0.441. The molecule has 0 saturated carbocycles. The van der Waals surface area contributed by atoms with E-state index in [1.807, 2.05) is 7.05 Å². The van der Waals surface area contributed by atoms with Crippen molar-refractivity contribution in [3.05, 3.63) is 0 Å². The highest BCUT2D eigenvalue weighted by Crippen LogP contribution is 2.24. The van der Waals surface area contributed by atoms with Gasteiger partial charge in [0.1, 0.15) is 0 Å². The molecule has 2 N–H and O–H groups in total. The van der Waals surface area contributed by atoms with Gasteiger partial charge < -0.3 is 20.3 Å². The van der Waals surface area contributed by atoms with Gasteiger partial charge in [-0.15, -0.1) is 0 Å². The molecule has 0 radical (unpaired) electrons. The molecule has 2 aliphatic rings. The van der Waals surface area contributed by atoms with Crippen molar-refractivity contribution in [3.63, 3.8) is 0 Å². The van der Waals surface area contributed by atoms with Crippen LogP contribution in [0.25, 0.3) is 0 Å². The first kappa shape index (κ1) is 16.6. The van der Waals surface area contributed by atoms with E-state index in [9.17, 15) is 0 Å². The fraction of sp³-hybridized carbons (Fsp3) is 0.938. The Bertz CT molecular complexity index is 333. The van der Waals surface area contributed by atoms with Gasteiger partial charge in [-0.05, 0) is 44.8 Å². The summed E-state index contributed by atoms with van der Waals surface area (Å²) in [5, 5.41) is 6.81. The second-order valence-corrected chi connectivity index (χ2v) is 7.03. The number of hydrogen-bond donors (Lipinski definition) is 2. The van der Waals surface area contributed by atoms with Gasteiger partial charge in [0.2, 0.25) is 0 Å². The third-order valence-corrected chi connectivity index (χ3v) is 4.63. The lowest BCUT2D eigenvalue weighted by Crippen LogP contribution is -2.51. The van der Waals surface area contributed by atoms with Crippen molar-refractivity contribution in [2.24, 2.45) is 16.3 Å². The summed E-state index contributed by atoms with van der Waals surface area (Å²) in [5.41, 5.74) is 0.280. The monoisotopic (exact) mass is 296 g/mol. The number of hydrogen-bond acceptors (Lipinski definition) is 3. The van der Waals surface area contributed by atoms with E-state index >= 15 is 0 Å². The van der Waals surface area contributed by atoms with Crippen molar-refractivity contribution in [3.8, 4) is 0 Å². The second kappa shape index (κ2) is 7.99. The molecule has 2 rings (SSSR count). The molecule has 0 unspecified atom stereocenters. The van der Waals surface area contributed by atoms with Gasteiger partial charge in [-0.1, -0.05) is 13.8 Å². The fourth-order valence-electron chi connectivity index (χ4n) is 2.87. The summed E-state index contributed by atoms with van der Waals surface area (Å²) in [6.07, 6.45) is 3.89. The lowest BCUT2D eigenvalue weighted by molar-refractivity contribution is -0.0971. The number of aliphatic imine (C=N–C) groups is 1. The Morgan fingerprint density at radius 3 is 2.57 bits per heavy atom. The van der Waals surface area contributed by atoms with Gasteiger partial charge in [-0.2, -0.15) is 0 Å². The Kier molecular flexibility index (Phi) is 6.30. The highest BCUT2D eigenvalue weighted by atomic mass is 16.5. The normalized spacial score (nSPS) is 23.7. The van der Waals surface area contributed by atoms with E-state index in [1.165, 1.54) is 38.9 Å². The zero-order valence-corrected chi connectivity index (χ0v) is 14.0. The molecule has 0 bridgehead atoms. The Morgan fingerprint density at radius 1 is 1.29 bits per heavy atom. The first-order valence-electron chi connectivity index (χ1n) is 8.36. The maximum absolute atomic E-state index is 5.27. The minimum Gasteiger partial charge on any atom is -0.380 e. The maximum Gasteiger partial charge on any atom is 0.191 e. The summed E-state index contributed by atoms with van der Waals surface area (Å²) in [6.45, 7) is 12.0. The molecule has 0 aromatic rings. The van der Waals surface area contributed by atoms with E-state index in [-0.39, 0.29) is 5.41 Å². The van der Waals surface area contributed by atoms with Crippen LogP contribution in [0.5, 0.6) is 0 Å². The van der Waals surface area contributed by atoms with E-state index in [0.717, 1.165) is 38.2 Å². The number of guanidine groups is 1. The molecule has 0 spiro atoms. The molecule has 0 aromatic heterocycles. The Morgan fingerprint density at radius 2 is 2.00 bits per heavy atom. The van der Waals surface area contributed by atoms with Crippen LogP contribution in [0.2, 0.25) is 0 Å². The average molecular weight is 296 g/mol. The molecule has 0 aliphatic carbocycles. The summed E-state index contributed by atoms with van der Waals surface area (Å²) in [7, 11) is 1.83. The van der Waals surface area contributed by atoms with Crippen LogP contribution < -0.4 is 10.6 Å². The van der Waals surface area contributed by atoms with Crippen molar-refractivity contribution < 1.29 is 4.74 Å². The Labute approximate surface area is 129 Å². The first-order chi connectivity index (χ1) is 10.1. The van der Waals surface area contributed by atoms with Crippen LogP contribution >= 0.6 is 0 Å². The minimum atomic E-state index is 0.280. The molecule has 21 heavy (non-hydrogen) atoms. The van der Waals surface area contributed by atoms with Gasteiger partial charge in [-0.25, -0.2) is 0 Å². The molecule has 0 aromatic carbocycles. The molecular weight excluding hydrogens is 264 g/mol. The largest absolute Gasteiger partial charge is 0.380 e. The zero-order chi connectivity index (χ0) is 15.1. The number of nitrogens with zero attached hydrogens (tertiary/aromatic N) is 2. The molecule has 2 aliphatic heterocycles. The lowest BCUT2D eigenvalue weighted by Gasteiger charge is -2.38. The van der Waals surface area contributed by atoms with Crippen molar-refractivity contribution >= 4 is 5.96 Å².